The summed E-state index contributed by atoms with van der Waals surface area (Å²) in [4.78, 5) is 28.9. The van der Waals surface area contributed by atoms with E-state index in [1.165, 1.54) is 11.8 Å². The Balaban J connectivity index is 1.63. The molecule has 0 bridgehead atoms. The molecule has 0 unspecified atom stereocenters. The molecule has 2 aromatic carbocycles. The Labute approximate surface area is 157 Å². The number of hydrogen-bond acceptors (Lipinski definition) is 4. The smallest absolute Gasteiger partial charge is 0.240 e. The fraction of sp³-hybridized carbons (Fsp3) is 0.250. The largest absolute Gasteiger partial charge is 0.326 e. The molecule has 1 heterocycles. The van der Waals surface area contributed by atoms with Crippen LogP contribution in [0.15, 0.2) is 47.5 Å². The van der Waals surface area contributed by atoms with Crippen LogP contribution in [-0.4, -0.2) is 22.2 Å². The van der Waals surface area contributed by atoms with Gasteiger partial charge in [-0.1, -0.05) is 35.5 Å². The number of hydrogen-bond donors (Lipinski definition) is 2. The molecule has 2 aromatic rings. The minimum Gasteiger partial charge on any atom is -0.326 e. The molecular weight excluding hydrogens is 346 g/mol. The zero-order valence-corrected chi connectivity index (χ0v) is 15.8. The minimum atomic E-state index is -0.467. The van der Waals surface area contributed by atoms with Crippen molar-refractivity contribution in [1.82, 2.24) is 5.32 Å². The van der Waals surface area contributed by atoms with E-state index in [2.05, 4.69) is 21.7 Å². The summed E-state index contributed by atoms with van der Waals surface area (Å²) in [7, 11) is 0. The molecule has 134 valence electrons. The molecule has 2 amide bonds. The Morgan fingerprint density at radius 3 is 2.38 bits per heavy atom. The molecule has 1 saturated heterocycles. The van der Waals surface area contributed by atoms with Gasteiger partial charge in [0.25, 0.3) is 0 Å². The van der Waals surface area contributed by atoms with E-state index in [4.69, 9.17) is 0 Å². The molecule has 0 aliphatic carbocycles. The zero-order valence-electron chi connectivity index (χ0n) is 15.0. The average Bonchev–Trinajstić information content (AvgIpc) is 2.88. The molecule has 6 heteroatoms. The van der Waals surface area contributed by atoms with Gasteiger partial charge in [0.05, 0.1) is 5.69 Å². The van der Waals surface area contributed by atoms with Gasteiger partial charge in [0, 0.05) is 12.1 Å². The number of aryl methyl sites for hydroxylation is 3. The summed E-state index contributed by atoms with van der Waals surface area (Å²) in [5.41, 5.74) is 4.89. The number of anilines is 1. The summed E-state index contributed by atoms with van der Waals surface area (Å²) in [5, 5.41) is 5.65. The van der Waals surface area contributed by atoms with Crippen LogP contribution in [0.5, 0.6) is 0 Å². The first-order chi connectivity index (χ1) is 12.4. The lowest BCUT2D eigenvalue weighted by Gasteiger charge is -2.07. The lowest BCUT2D eigenvalue weighted by Crippen LogP contribution is -2.28. The van der Waals surface area contributed by atoms with Crippen LogP contribution in [0.2, 0.25) is 0 Å². The van der Waals surface area contributed by atoms with Crippen molar-refractivity contribution in [1.29, 1.82) is 0 Å². The number of carbonyl (C=O) groups is 2. The standard InChI is InChI=1S/C20H21N3O2S/c1-12-4-6-15(7-5-12)21-18(24)11-17-19(25)23-20(26-17)22-16-9-13(2)8-14(3)10-16/h4-10,17H,11H2,1-3H3,(H,21,24)(H,22,23,25)/t17-/m0/s1. The predicted octanol–water partition coefficient (Wildman–Crippen LogP) is 3.86. The van der Waals surface area contributed by atoms with Crippen molar-refractivity contribution in [3.05, 3.63) is 59.2 Å². The highest BCUT2D eigenvalue weighted by Crippen LogP contribution is 2.26. The fourth-order valence-corrected chi connectivity index (χ4v) is 3.73. The van der Waals surface area contributed by atoms with Gasteiger partial charge in [-0.25, -0.2) is 4.99 Å². The summed E-state index contributed by atoms with van der Waals surface area (Å²) in [6.07, 6.45) is 0.107. The summed E-state index contributed by atoms with van der Waals surface area (Å²) in [5.74, 6) is -0.369. The molecule has 1 fully saturated rings. The molecule has 0 aromatic heterocycles. The predicted molar refractivity (Wildman–Crippen MR) is 107 cm³/mol. The molecule has 1 atom stereocenters. The van der Waals surface area contributed by atoms with Crippen molar-refractivity contribution in [2.24, 2.45) is 4.99 Å². The van der Waals surface area contributed by atoms with E-state index < -0.39 is 5.25 Å². The number of nitrogens with one attached hydrogen (secondary N) is 2. The second kappa shape index (κ2) is 7.74. The van der Waals surface area contributed by atoms with E-state index in [0.29, 0.717) is 5.17 Å². The molecule has 5 nitrogen and oxygen atoms in total. The van der Waals surface area contributed by atoms with Crippen LogP contribution in [0.4, 0.5) is 11.4 Å². The van der Waals surface area contributed by atoms with E-state index in [1.807, 2.05) is 57.2 Å². The lowest BCUT2D eigenvalue weighted by atomic mass is 10.1. The van der Waals surface area contributed by atoms with Gasteiger partial charge in [-0.2, -0.15) is 0 Å². The monoisotopic (exact) mass is 367 g/mol. The van der Waals surface area contributed by atoms with Crippen LogP contribution >= 0.6 is 11.8 Å². The van der Waals surface area contributed by atoms with E-state index >= 15 is 0 Å². The summed E-state index contributed by atoms with van der Waals surface area (Å²) >= 11 is 1.30. The Morgan fingerprint density at radius 1 is 1.08 bits per heavy atom. The number of aliphatic imine (C=N–C) groups is 1. The number of benzene rings is 2. The van der Waals surface area contributed by atoms with Crippen molar-refractivity contribution < 1.29 is 9.59 Å². The van der Waals surface area contributed by atoms with Crippen molar-refractivity contribution in [2.45, 2.75) is 32.4 Å². The van der Waals surface area contributed by atoms with Gasteiger partial charge in [-0.15, -0.1) is 0 Å². The Bertz CT molecular complexity index is 855. The summed E-state index contributed by atoms with van der Waals surface area (Å²) < 4.78 is 0. The van der Waals surface area contributed by atoms with Crippen LogP contribution in [0.1, 0.15) is 23.1 Å². The maximum Gasteiger partial charge on any atom is 0.240 e. The van der Waals surface area contributed by atoms with Gasteiger partial charge in [-0.3, -0.25) is 9.59 Å². The van der Waals surface area contributed by atoms with Crippen molar-refractivity contribution >= 4 is 40.1 Å². The highest BCUT2D eigenvalue weighted by molar-refractivity contribution is 8.15. The SMILES string of the molecule is Cc1ccc(NC(=O)C[C@@H]2SC(=Nc3cc(C)cc(C)c3)NC2=O)cc1. The molecule has 0 radical (unpaired) electrons. The number of carbonyl (C=O) groups excluding carboxylic acids is 2. The zero-order chi connectivity index (χ0) is 18.7. The second-order valence-electron chi connectivity index (χ2n) is 6.48. The first-order valence-corrected chi connectivity index (χ1v) is 9.28. The number of amidine groups is 1. The minimum absolute atomic E-state index is 0.107. The topological polar surface area (TPSA) is 70.6 Å². The maximum absolute atomic E-state index is 12.2. The van der Waals surface area contributed by atoms with Crippen molar-refractivity contribution in [3.8, 4) is 0 Å². The number of nitrogens with zero attached hydrogens (tertiary/aromatic N) is 1. The van der Waals surface area contributed by atoms with Gasteiger partial charge in [0.2, 0.25) is 11.8 Å². The van der Waals surface area contributed by atoms with Gasteiger partial charge < -0.3 is 10.6 Å². The van der Waals surface area contributed by atoms with E-state index in [-0.39, 0.29) is 18.2 Å². The fourth-order valence-electron chi connectivity index (χ4n) is 2.74. The highest BCUT2D eigenvalue weighted by Gasteiger charge is 2.32. The van der Waals surface area contributed by atoms with Crippen molar-refractivity contribution in [3.63, 3.8) is 0 Å². The van der Waals surface area contributed by atoms with Crippen LogP contribution in [0, 0.1) is 20.8 Å². The normalized spacial score (nSPS) is 18.0. The first kappa shape index (κ1) is 18.2. The van der Waals surface area contributed by atoms with Crippen LogP contribution in [0.3, 0.4) is 0 Å². The third-order valence-corrected chi connectivity index (χ3v) is 5.00. The molecule has 2 N–H and O–H groups in total. The Hall–Kier alpha value is -2.60. The number of thioether (sulfide) groups is 1. The third-order valence-electron chi connectivity index (χ3n) is 3.92. The molecule has 26 heavy (non-hydrogen) atoms. The van der Waals surface area contributed by atoms with Gasteiger partial charge in [-0.05, 0) is 56.2 Å². The van der Waals surface area contributed by atoms with Gasteiger partial charge in [0.15, 0.2) is 5.17 Å². The Kier molecular flexibility index (Phi) is 5.42. The molecule has 1 aliphatic rings. The molecule has 0 saturated carbocycles. The summed E-state index contributed by atoms with van der Waals surface area (Å²) in [6, 6.07) is 13.6. The van der Waals surface area contributed by atoms with E-state index in [0.717, 1.165) is 28.1 Å². The van der Waals surface area contributed by atoms with Gasteiger partial charge >= 0.3 is 0 Å². The van der Waals surface area contributed by atoms with Crippen LogP contribution in [0.25, 0.3) is 0 Å². The second-order valence-corrected chi connectivity index (χ2v) is 7.67. The maximum atomic E-state index is 12.2. The quantitative estimate of drug-likeness (QED) is 0.862. The molecule has 0 spiro atoms. The molecular formula is C20H21N3O2S. The van der Waals surface area contributed by atoms with E-state index in [1.54, 1.807) is 0 Å². The third kappa shape index (κ3) is 4.73. The lowest BCUT2D eigenvalue weighted by molar-refractivity contribution is -0.122. The Morgan fingerprint density at radius 2 is 1.73 bits per heavy atom. The molecule has 1 aliphatic heterocycles. The first-order valence-electron chi connectivity index (χ1n) is 8.40. The summed E-state index contributed by atoms with van der Waals surface area (Å²) in [6.45, 7) is 6.01. The van der Waals surface area contributed by atoms with E-state index in [9.17, 15) is 9.59 Å². The van der Waals surface area contributed by atoms with Gasteiger partial charge in [0.1, 0.15) is 5.25 Å². The number of rotatable bonds is 4. The number of amides is 2. The van der Waals surface area contributed by atoms with Crippen LogP contribution in [-0.2, 0) is 9.59 Å². The van der Waals surface area contributed by atoms with Crippen LogP contribution < -0.4 is 10.6 Å². The molecule has 3 rings (SSSR count). The van der Waals surface area contributed by atoms with Crippen molar-refractivity contribution in [2.75, 3.05) is 5.32 Å². The highest BCUT2D eigenvalue weighted by atomic mass is 32.2. The average molecular weight is 367 g/mol.